The van der Waals surface area contributed by atoms with Gasteiger partial charge in [0.25, 0.3) is 0 Å². The Morgan fingerprint density at radius 3 is 2.46 bits per heavy atom. The number of benzene rings is 1. The number of amides is 1. The molecule has 3 aromatic rings. The van der Waals surface area contributed by atoms with E-state index in [-0.39, 0.29) is 37.1 Å². The highest BCUT2D eigenvalue weighted by Gasteiger charge is 2.16. The number of carbonyl (C=O) groups excluding carboxylic acids is 1. The molecule has 1 amide bonds. The quantitative estimate of drug-likeness (QED) is 0.582. The third-order valence-corrected chi connectivity index (χ3v) is 4.95. The molecule has 0 radical (unpaired) electrons. The van der Waals surface area contributed by atoms with E-state index in [1.165, 1.54) is 16.9 Å². The lowest BCUT2D eigenvalue weighted by Crippen LogP contribution is -2.37. The monoisotopic (exact) mass is 438 g/mol. The van der Waals surface area contributed by atoms with Gasteiger partial charge in [-0.1, -0.05) is 36.4 Å². The molecule has 28 heavy (non-hydrogen) atoms. The van der Waals surface area contributed by atoms with Gasteiger partial charge in [-0.3, -0.25) is 9.78 Å². The van der Waals surface area contributed by atoms with Crippen LogP contribution in [0.5, 0.6) is 0 Å². The number of rotatable bonds is 8. The van der Waals surface area contributed by atoms with Crippen LogP contribution in [0.1, 0.15) is 11.3 Å². The number of pyridine rings is 1. The van der Waals surface area contributed by atoms with E-state index in [4.69, 9.17) is 5.73 Å². The lowest BCUT2D eigenvalue weighted by atomic mass is 10.1. The Balaban J connectivity index is 0.00000196. The Bertz CT molecular complexity index is 830. The third-order valence-electron chi connectivity index (χ3n) is 4.03. The van der Waals surface area contributed by atoms with Crippen molar-refractivity contribution in [2.75, 3.05) is 19.6 Å². The minimum atomic E-state index is 0. The minimum absolute atomic E-state index is 0. The number of aromatic nitrogens is 2. The first-order valence-electron chi connectivity index (χ1n) is 8.64. The van der Waals surface area contributed by atoms with Crippen LogP contribution in [-0.2, 0) is 17.6 Å². The molecule has 2 N–H and O–H groups in total. The molecule has 5 nitrogen and oxygen atoms in total. The van der Waals surface area contributed by atoms with Crippen molar-refractivity contribution in [3.8, 4) is 10.7 Å². The first-order valence-corrected chi connectivity index (χ1v) is 9.52. The molecule has 0 fully saturated rings. The number of nitrogens with two attached hydrogens (primary N) is 1. The fourth-order valence-corrected chi connectivity index (χ4v) is 3.48. The molecular formula is C20H24Cl2N4OS. The van der Waals surface area contributed by atoms with Gasteiger partial charge in [0.2, 0.25) is 5.91 Å². The van der Waals surface area contributed by atoms with E-state index in [0.717, 1.165) is 22.8 Å². The van der Waals surface area contributed by atoms with Crippen molar-refractivity contribution < 1.29 is 4.79 Å². The Hall–Kier alpha value is -1.99. The first-order chi connectivity index (χ1) is 12.8. The van der Waals surface area contributed by atoms with Crippen LogP contribution in [-0.4, -0.2) is 40.4 Å². The molecule has 2 aromatic heterocycles. The van der Waals surface area contributed by atoms with E-state index < -0.39 is 0 Å². The molecule has 2 heterocycles. The zero-order chi connectivity index (χ0) is 18.2. The Morgan fingerprint density at radius 2 is 1.79 bits per heavy atom. The van der Waals surface area contributed by atoms with Crippen LogP contribution in [0, 0.1) is 0 Å². The molecule has 0 aliphatic carbocycles. The number of nitrogens with zero attached hydrogens (tertiary/aromatic N) is 3. The van der Waals surface area contributed by atoms with Crippen LogP contribution in [0.15, 0.2) is 60.1 Å². The van der Waals surface area contributed by atoms with Gasteiger partial charge in [0, 0.05) is 31.2 Å². The fraction of sp³-hybridized carbons (Fsp3) is 0.250. The summed E-state index contributed by atoms with van der Waals surface area (Å²) >= 11 is 1.51. The van der Waals surface area contributed by atoms with Crippen LogP contribution >= 0.6 is 36.2 Å². The van der Waals surface area contributed by atoms with Crippen LogP contribution < -0.4 is 5.73 Å². The van der Waals surface area contributed by atoms with Gasteiger partial charge < -0.3 is 10.6 Å². The van der Waals surface area contributed by atoms with E-state index in [2.05, 4.69) is 22.1 Å². The molecule has 0 aliphatic rings. The highest BCUT2D eigenvalue weighted by atomic mass is 35.5. The standard InChI is InChI=1S/C20H22N4OS.2ClH/c21-10-13-24(12-9-16-6-2-1-3-7-16)19(25)14-17-15-26-20(23-17)18-8-4-5-11-22-18;;/h1-8,11,15H,9-10,12-14,21H2;2*1H. The van der Waals surface area contributed by atoms with Gasteiger partial charge in [0.15, 0.2) is 0 Å². The molecule has 0 saturated carbocycles. The van der Waals surface area contributed by atoms with Crippen molar-refractivity contribution >= 4 is 42.1 Å². The summed E-state index contributed by atoms with van der Waals surface area (Å²) in [6.07, 6.45) is 2.86. The van der Waals surface area contributed by atoms with E-state index in [0.29, 0.717) is 19.6 Å². The zero-order valence-electron chi connectivity index (χ0n) is 15.4. The summed E-state index contributed by atoms with van der Waals surface area (Å²) in [5.74, 6) is 0.0595. The summed E-state index contributed by atoms with van der Waals surface area (Å²) in [7, 11) is 0. The Kier molecular flexibility index (Phi) is 10.7. The van der Waals surface area contributed by atoms with Crippen molar-refractivity contribution in [1.82, 2.24) is 14.9 Å². The predicted octanol–water partition coefficient (Wildman–Crippen LogP) is 3.62. The SMILES string of the molecule is Cl.Cl.NCCN(CCc1ccccc1)C(=O)Cc1csc(-c2ccccn2)n1. The van der Waals surface area contributed by atoms with Crippen molar-refractivity contribution in [3.63, 3.8) is 0 Å². The molecule has 8 heteroatoms. The number of carbonyl (C=O) groups is 1. The van der Waals surface area contributed by atoms with Gasteiger partial charge in [-0.2, -0.15) is 0 Å². The highest BCUT2D eigenvalue weighted by molar-refractivity contribution is 7.13. The second kappa shape index (κ2) is 12.5. The molecule has 3 rings (SSSR count). The Labute approximate surface area is 181 Å². The summed E-state index contributed by atoms with van der Waals surface area (Å²) in [5, 5.41) is 2.77. The molecule has 0 unspecified atom stereocenters. The molecule has 1 aromatic carbocycles. The molecule has 0 spiro atoms. The topological polar surface area (TPSA) is 72.1 Å². The molecule has 0 aliphatic heterocycles. The fourth-order valence-electron chi connectivity index (χ4n) is 2.69. The smallest absolute Gasteiger partial charge is 0.228 e. The summed E-state index contributed by atoms with van der Waals surface area (Å²) in [4.78, 5) is 23.4. The van der Waals surface area contributed by atoms with Gasteiger partial charge in [-0.25, -0.2) is 4.98 Å². The number of hydrogen-bond acceptors (Lipinski definition) is 5. The summed E-state index contributed by atoms with van der Waals surface area (Å²) < 4.78 is 0. The van der Waals surface area contributed by atoms with E-state index in [1.54, 1.807) is 6.20 Å². The number of halogens is 2. The summed E-state index contributed by atoms with van der Waals surface area (Å²) in [6.45, 7) is 1.68. The largest absolute Gasteiger partial charge is 0.341 e. The van der Waals surface area contributed by atoms with E-state index >= 15 is 0 Å². The van der Waals surface area contributed by atoms with Crippen LogP contribution in [0.3, 0.4) is 0 Å². The lowest BCUT2D eigenvalue weighted by Gasteiger charge is -2.21. The van der Waals surface area contributed by atoms with Crippen molar-refractivity contribution in [1.29, 1.82) is 0 Å². The maximum absolute atomic E-state index is 12.7. The van der Waals surface area contributed by atoms with E-state index in [9.17, 15) is 4.79 Å². The lowest BCUT2D eigenvalue weighted by molar-refractivity contribution is -0.130. The summed E-state index contributed by atoms with van der Waals surface area (Å²) in [6, 6.07) is 15.9. The molecular weight excluding hydrogens is 415 g/mol. The minimum Gasteiger partial charge on any atom is -0.341 e. The highest BCUT2D eigenvalue weighted by Crippen LogP contribution is 2.21. The maximum atomic E-state index is 12.7. The molecule has 150 valence electrons. The van der Waals surface area contributed by atoms with Crippen LogP contribution in [0.2, 0.25) is 0 Å². The van der Waals surface area contributed by atoms with Crippen molar-refractivity contribution in [3.05, 3.63) is 71.4 Å². The van der Waals surface area contributed by atoms with Gasteiger partial charge in [-0.05, 0) is 24.1 Å². The average Bonchev–Trinajstić information content (AvgIpc) is 3.15. The maximum Gasteiger partial charge on any atom is 0.228 e. The Morgan fingerprint density at radius 1 is 1.04 bits per heavy atom. The first kappa shape index (κ1) is 24.0. The zero-order valence-corrected chi connectivity index (χ0v) is 17.8. The summed E-state index contributed by atoms with van der Waals surface area (Å²) in [5.41, 5.74) is 8.52. The normalized spacial score (nSPS) is 9.89. The predicted molar refractivity (Wildman–Crippen MR) is 119 cm³/mol. The van der Waals surface area contributed by atoms with Crippen molar-refractivity contribution in [2.45, 2.75) is 12.8 Å². The second-order valence-corrected chi connectivity index (χ2v) is 6.80. The van der Waals surface area contributed by atoms with Gasteiger partial charge in [-0.15, -0.1) is 36.2 Å². The van der Waals surface area contributed by atoms with Gasteiger partial charge in [0.05, 0.1) is 17.8 Å². The molecule has 0 bridgehead atoms. The number of hydrogen-bond donors (Lipinski definition) is 1. The van der Waals surface area contributed by atoms with Gasteiger partial charge in [0.1, 0.15) is 5.01 Å². The molecule has 0 atom stereocenters. The second-order valence-electron chi connectivity index (χ2n) is 5.94. The van der Waals surface area contributed by atoms with E-state index in [1.807, 2.05) is 46.7 Å². The number of thiazole rings is 1. The average molecular weight is 439 g/mol. The van der Waals surface area contributed by atoms with Gasteiger partial charge >= 0.3 is 0 Å². The molecule has 0 saturated heterocycles. The van der Waals surface area contributed by atoms with Crippen LogP contribution in [0.25, 0.3) is 10.7 Å². The third kappa shape index (κ3) is 6.87. The van der Waals surface area contributed by atoms with Crippen molar-refractivity contribution in [2.24, 2.45) is 5.73 Å². The van der Waals surface area contributed by atoms with Crippen LogP contribution in [0.4, 0.5) is 0 Å².